The molecule has 0 unspecified atom stereocenters. The molecule has 1 aromatic rings. The van der Waals surface area contributed by atoms with Crippen molar-refractivity contribution in [1.29, 1.82) is 0 Å². The lowest BCUT2D eigenvalue weighted by Crippen LogP contribution is -2.31. The second-order valence-electron chi connectivity index (χ2n) is 4.78. The van der Waals surface area contributed by atoms with E-state index in [1.54, 1.807) is 10.9 Å². The molecule has 1 aliphatic rings. The van der Waals surface area contributed by atoms with E-state index in [2.05, 4.69) is 26.3 Å². The first-order valence-corrected chi connectivity index (χ1v) is 7.70. The monoisotopic (exact) mass is 342 g/mol. The summed E-state index contributed by atoms with van der Waals surface area (Å²) in [6, 6.07) is 0. The zero-order chi connectivity index (χ0) is 14.5. The van der Waals surface area contributed by atoms with Crippen LogP contribution in [0.15, 0.2) is 10.7 Å². The van der Waals surface area contributed by atoms with Crippen LogP contribution in [-0.4, -0.2) is 46.1 Å². The molecule has 7 heteroatoms. The molecule has 2 heterocycles. The lowest BCUT2D eigenvalue weighted by Gasteiger charge is -2.15. The van der Waals surface area contributed by atoms with Crippen LogP contribution in [0.4, 0.5) is 0 Å². The largest absolute Gasteiger partial charge is 0.351 e. The Balaban J connectivity index is 1.74. The van der Waals surface area contributed by atoms with E-state index in [4.69, 9.17) is 0 Å². The van der Waals surface area contributed by atoms with Gasteiger partial charge in [0.25, 0.3) is 5.91 Å². The van der Waals surface area contributed by atoms with Gasteiger partial charge in [0.2, 0.25) is 5.91 Å². The first kappa shape index (κ1) is 15.0. The van der Waals surface area contributed by atoms with Crippen molar-refractivity contribution in [3.63, 3.8) is 0 Å². The van der Waals surface area contributed by atoms with E-state index in [-0.39, 0.29) is 11.8 Å². The van der Waals surface area contributed by atoms with E-state index in [9.17, 15) is 9.59 Å². The molecule has 0 radical (unpaired) electrons. The van der Waals surface area contributed by atoms with Crippen molar-refractivity contribution in [2.45, 2.75) is 32.7 Å². The van der Waals surface area contributed by atoms with Gasteiger partial charge in [0.05, 0.1) is 4.47 Å². The number of carbonyl (C=O) groups excluding carboxylic acids is 2. The summed E-state index contributed by atoms with van der Waals surface area (Å²) in [4.78, 5) is 25.2. The molecule has 1 aromatic heterocycles. The zero-order valence-electron chi connectivity index (χ0n) is 11.6. The minimum Gasteiger partial charge on any atom is -0.351 e. The van der Waals surface area contributed by atoms with Crippen LogP contribution >= 0.6 is 15.9 Å². The number of halogens is 1. The lowest BCUT2D eigenvalue weighted by atomic mass is 10.3. The van der Waals surface area contributed by atoms with Gasteiger partial charge in [-0.05, 0) is 35.7 Å². The summed E-state index contributed by atoms with van der Waals surface area (Å²) < 4.78 is 2.41. The Morgan fingerprint density at radius 3 is 2.95 bits per heavy atom. The van der Waals surface area contributed by atoms with E-state index in [0.29, 0.717) is 29.7 Å². The fourth-order valence-corrected chi connectivity index (χ4v) is 2.70. The Labute approximate surface area is 126 Å². The third-order valence-corrected chi connectivity index (χ3v) is 3.90. The molecule has 0 saturated carbocycles. The molecule has 0 atom stereocenters. The van der Waals surface area contributed by atoms with Crippen LogP contribution in [0.2, 0.25) is 0 Å². The number of aromatic nitrogens is 2. The van der Waals surface area contributed by atoms with Crippen LogP contribution in [0, 0.1) is 0 Å². The summed E-state index contributed by atoms with van der Waals surface area (Å²) in [5.74, 6) is 0.0394. The van der Waals surface area contributed by atoms with Crippen LogP contribution in [0.25, 0.3) is 0 Å². The second-order valence-corrected chi connectivity index (χ2v) is 5.63. The summed E-state index contributed by atoms with van der Waals surface area (Å²) >= 11 is 3.33. The van der Waals surface area contributed by atoms with Gasteiger partial charge in [0, 0.05) is 38.8 Å². The average molecular weight is 343 g/mol. The molecule has 6 nitrogen and oxygen atoms in total. The van der Waals surface area contributed by atoms with E-state index >= 15 is 0 Å². The quantitative estimate of drug-likeness (QED) is 0.794. The van der Waals surface area contributed by atoms with Crippen LogP contribution in [0.3, 0.4) is 0 Å². The number of likely N-dealkylation sites (tertiary alicyclic amines) is 1. The van der Waals surface area contributed by atoms with Gasteiger partial charge in [-0.3, -0.25) is 14.3 Å². The molecule has 1 saturated heterocycles. The molecule has 1 N–H and O–H groups in total. The molecule has 2 rings (SSSR count). The van der Waals surface area contributed by atoms with Gasteiger partial charge in [-0.15, -0.1) is 0 Å². The van der Waals surface area contributed by atoms with Crippen molar-refractivity contribution in [1.82, 2.24) is 20.0 Å². The molecule has 0 spiro atoms. The Bertz CT molecular complexity index is 501. The number of rotatable bonds is 6. The third kappa shape index (κ3) is 3.59. The molecule has 0 bridgehead atoms. The zero-order valence-corrected chi connectivity index (χ0v) is 13.1. The average Bonchev–Trinajstić information content (AvgIpc) is 3.00. The molecular formula is C13H19BrN4O2. The molecule has 0 aliphatic carbocycles. The standard InChI is InChI=1S/C13H19BrN4O2/c1-2-18-9-10(14)12(16-18)13(20)15-6-4-8-17-7-3-5-11(17)19/h9H,2-8H2,1H3,(H,15,20). The number of hydrogen-bond acceptors (Lipinski definition) is 3. The first-order valence-electron chi connectivity index (χ1n) is 6.90. The number of hydrogen-bond donors (Lipinski definition) is 1. The van der Waals surface area contributed by atoms with Gasteiger partial charge in [0.15, 0.2) is 5.69 Å². The topological polar surface area (TPSA) is 67.2 Å². The maximum absolute atomic E-state index is 12.0. The lowest BCUT2D eigenvalue weighted by molar-refractivity contribution is -0.127. The van der Waals surface area contributed by atoms with Crippen molar-refractivity contribution in [3.05, 3.63) is 16.4 Å². The smallest absolute Gasteiger partial charge is 0.272 e. The Morgan fingerprint density at radius 2 is 2.35 bits per heavy atom. The van der Waals surface area contributed by atoms with Gasteiger partial charge in [-0.25, -0.2) is 0 Å². The molecular weight excluding hydrogens is 324 g/mol. The summed E-state index contributed by atoms with van der Waals surface area (Å²) in [6.45, 7) is 4.80. The van der Waals surface area contributed by atoms with Gasteiger partial charge in [0.1, 0.15) is 0 Å². The summed E-state index contributed by atoms with van der Waals surface area (Å²) in [6.07, 6.45) is 4.17. The number of aryl methyl sites for hydroxylation is 1. The predicted molar refractivity (Wildman–Crippen MR) is 78.4 cm³/mol. The highest BCUT2D eigenvalue weighted by Gasteiger charge is 2.19. The van der Waals surface area contributed by atoms with Gasteiger partial charge >= 0.3 is 0 Å². The van der Waals surface area contributed by atoms with Crippen molar-refractivity contribution < 1.29 is 9.59 Å². The van der Waals surface area contributed by atoms with E-state index in [1.807, 2.05) is 11.8 Å². The summed E-state index contributed by atoms with van der Waals surface area (Å²) in [7, 11) is 0. The van der Waals surface area contributed by atoms with Gasteiger partial charge in [-0.1, -0.05) is 0 Å². The van der Waals surface area contributed by atoms with Crippen LogP contribution in [0.1, 0.15) is 36.7 Å². The van der Waals surface area contributed by atoms with Crippen molar-refractivity contribution in [2.75, 3.05) is 19.6 Å². The minimum absolute atomic E-state index is 0.183. The van der Waals surface area contributed by atoms with E-state index < -0.39 is 0 Å². The predicted octanol–water partition coefficient (Wildman–Crippen LogP) is 1.41. The van der Waals surface area contributed by atoms with Crippen molar-refractivity contribution >= 4 is 27.7 Å². The number of nitrogens with one attached hydrogen (secondary N) is 1. The molecule has 2 amide bonds. The number of carbonyl (C=O) groups is 2. The fourth-order valence-electron chi connectivity index (χ4n) is 2.21. The van der Waals surface area contributed by atoms with Crippen molar-refractivity contribution in [2.24, 2.45) is 0 Å². The highest BCUT2D eigenvalue weighted by atomic mass is 79.9. The second kappa shape index (κ2) is 6.88. The van der Waals surface area contributed by atoms with Crippen LogP contribution < -0.4 is 5.32 Å². The third-order valence-electron chi connectivity index (χ3n) is 3.32. The number of nitrogens with zero attached hydrogens (tertiary/aromatic N) is 3. The molecule has 110 valence electrons. The Morgan fingerprint density at radius 1 is 1.55 bits per heavy atom. The Hall–Kier alpha value is -1.37. The fraction of sp³-hybridized carbons (Fsp3) is 0.615. The highest BCUT2D eigenvalue weighted by molar-refractivity contribution is 9.10. The maximum atomic E-state index is 12.0. The van der Waals surface area contributed by atoms with Crippen molar-refractivity contribution in [3.8, 4) is 0 Å². The molecule has 20 heavy (non-hydrogen) atoms. The maximum Gasteiger partial charge on any atom is 0.272 e. The molecule has 1 aliphatic heterocycles. The van der Waals surface area contributed by atoms with E-state index in [1.165, 1.54) is 0 Å². The molecule has 1 fully saturated rings. The van der Waals surface area contributed by atoms with Crippen LogP contribution in [0.5, 0.6) is 0 Å². The Kier molecular flexibility index (Phi) is 5.17. The van der Waals surface area contributed by atoms with Crippen LogP contribution in [-0.2, 0) is 11.3 Å². The highest BCUT2D eigenvalue weighted by Crippen LogP contribution is 2.14. The minimum atomic E-state index is -0.183. The number of amides is 2. The summed E-state index contributed by atoms with van der Waals surface area (Å²) in [5, 5.41) is 7.02. The first-order chi connectivity index (χ1) is 9.61. The van der Waals surface area contributed by atoms with Gasteiger partial charge < -0.3 is 10.2 Å². The van der Waals surface area contributed by atoms with Gasteiger partial charge in [-0.2, -0.15) is 5.10 Å². The summed E-state index contributed by atoms with van der Waals surface area (Å²) in [5.41, 5.74) is 0.407. The van der Waals surface area contributed by atoms with E-state index in [0.717, 1.165) is 25.9 Å². The SMILES string of the molecule is CCn1cc(Br)c(C(=O)NCCCN2CCCC2=O)n1. The molecule has 0 aromatic carbocycles. The normalized spacial score (nSPS) is 14.9.